The van der Waals surface area contributed by atoms with Gasteiger partial charge in [-0.2, -0.15) is 0 Å². The second-order valence-corrected chi connectivity index (χ2v) is 2.98. The van der Waals surface area contributed by atoms with E-state index in [2.05, 4.69) is 5.32 Å². The van der Waals surface area contributed by atoms with Gasteiger partial charge in [0.1, 0.15) is 12.0 Å². The van der Waals surface area contributed by atoms with E-state index in [0.29, 0.717) is 5.75 Å². The Morgan fingerprint density at radius 2 is 2.14 bits per heavy atom. The van der Waals surface area contributed by atoms with Crippen molar-refractivity contribution < 1.29 is 14.6 Å². The smallest absolute Gasteiger partial charge is 0.410 e. The maximum Gasteiger partial charge on any atom is 0.414 e. The highest BCUT2D eigenvalue weighted by atomic mass is 16.6. The summed E-state index contributed by atoms with van der Waals surface area (Å²) in [6.45, 7) is 3.28. The third-order valence-electron chi connectivity index (χ3n) is 1.62. The highest BCUT2D eigenvalue weighted by Gasteiger charge is 2.07. The summed E-state index contributed by atoms with van der Waals surface area (Å²) in [6.07, 6.45) is -1.57. The van der Waals surface area contributed by atoms with Crippen molar-refractivity contribution in [1.29, 1.82) is 0 Å². The number of aliphatic hydroxyl groups excluding tert-OH is 1. The van der Waals surface area contributed by atoms with E-state index < -0.39 is 12.3 Å². The molecule has 1 unspecified atom stereocenters. The van der Waals surface area contributed by atoms with Crippen LogP contribution in [0.2, 0.25) is 0 Å². The van der Waals surface area contributed by atoms with Crippen molar-refractivity contribution in [3.63, 3.8) is 0 Å². The van der Waals surface area contributed by atoms with Gasteiger partial charge in [-0.3, -0.25) is 5.32 Å². The third kappa shape index (κ3) is 3.06. The Morgan fingerprint density at radius 3 is 2.71 bits per heavy atom. The molecule has 0 aliphatic carbocycles. The van der Waals surface area contributed by atoms with Gasteiger partial charge in [0.25, 0.3) is 0 Å². The zero-order chi connectivity index (χ0) is 10.6. The SMILES string of the molecule is Cc1ccccc1OC(=O)NC(C)O. The number of para-hydroxylation sites is 1. The summed E-state index contributed by atoms with van der Waals surface area (Å²) in [7, 11) is 0. The van der Waals surface area contributed by atoms with Gasteiger partial charge < -0.3 is 9.84 Å². The highest BCUT2D eigenvalue weighted by Crippen LogP contribution is 2.15. The van der Waals surface area contributed by atoms with E-state index in [1.165, 1.54) is 6.92 Å². The van der Waals surface area contributed by atoms with Crippen LogP contribution in [0.4, 0.5) is 4.79 Å². The molecule has 1 aromatic rings. The van der Waals surface area contributed by atoms with Gasteiger partial charge >= 0.3 is 6.09 Å². The van der Waals surface area contributed by atoms with Crippen molar-refractivity contribution in [2.45, 2.75) is 20.1 Å². The predicted octanol–water partition coefficient (Wildman–Crippen LogP) is 1.42. The van der Waals surface area contributed by atoms with Gasteiger partial charge in [-0.15, -0.1) is 0 Å². The molecule has 0 saturated carbocycles. The first kappa shape index (κ1) is 10.5. The average molecular weight is 195 g/mol. The van der Waals surface area contributed by atoms with Gasteiger partial charge in [0.2, 0.25) is 0 Å². The minimum absolute atomic E-state index is 0.491. The third-order valence-corrected chi connectivity index (χ3v) is 1.62. The van der Waals surface area contributed by atoms with E-state index in [4.69, 9.17) is 9.84 Å². The molecule has 4 nitrogen and oxygen atoms in total. The highest BCUT2D eigenvalue weighted by molar-refractivity contribution is 5.70. The van der Waals surface area contributed by atoms with Gasteiger partial charge in [-0.05, 0) is 25.5 Å². The van der Waals surface area contributed by atoms with E-state index in [1.54, 1.807) is 12.1 Å². The molecule has 0 aromatic heterocycles. The molecule has 76 valence electrons. The number of ether oxygens (including phenoxy) is 1. The number of hydrogen-bond acceptors (Lipinski definition) is 3. The standard InChI is InChI=1S/C10H13NO3/c1-7-5-3-4-6-9(7)14-10(13)11-8(2)12/h3-6,8,12H,1-2H3,(H,11,13). The first-order valence-corrected chi connectivity index (χ1v) is 4.31. The molecule has 0 heterocycles. The van der Waals surface area contributed by atoms with Gasteiger partial charge in [0.15, 0.2) is 0 Å². The van der Waals surface area contributed by atoms with Crippen LogP contribution in [0.15, 0.2) is 24.3 Å². The number of benzene rings is 1. The summed E-state index contributed by atoms with van der Waals surface area (Å²) in [5, 5.41) is 11.1. The topological polar surface area (TPSA) is 58.6 Å². The first-order valence-electron chi connectivity index (χ1n) is 4.31. The van der Waals surface area contributed by atoms with E-state index in [1.807, 2.05) is 19.1 Å². The van der Waals surface area contributed by atoms with E-state index in [9.17, 15) is 4.79 Å². The van der Waals surface area contributed by atoms with E-state index >= 15 is 0 Å². The summed E-state index contributed by atoms with van der Waals surface area (Å²) >= 11 is 0. The maximum absolute atomic E-state index is 11.1. The maximum atomic E-state index is 11.1. The van der Waals surface area contributed by atoms with E-state index in [0.717, 1.165) is 5.56 Å². The number of amides is 1. The van der Waals surface area contributed by atoms with Crippen LogP contribution in [0.5, 0.6) is 5.75 Å². The fraction of sp³-hybridized carbons (Fsp3) is 0.300. The largest absolute Gasteiger partial charge is 0.414 e. The molecule has 1 amide bonds. The lowest BCUT2D eigenvalue weighted by Gasteiger charge is -2.09. The molecule has 2 N–H and O–H groups in total. The predicted molar refractivity (Wildman–Crippen MR) is 52.0 cm³/mol. The van der Waals surface area contributed by atoms with Gasteiger partial charge in [0.05, 0.1) is 0 Å². The van der Waals surface area contributed by atoms with Crippen molar-refractivity contribution in [2.75, 3.05) is 0 Å². The Kier molecular flexibility index (Phi) is 3.48. The Morgan fingerprint density at radius 1 is 1.50 bits per heavy atom. The van der Waals surface area contributed by atoms with Gasteiger partial charge in [-0.1, -0.05) is 18.2 Å². The molecule has 0 aliphatic rings. The number of aliphatic hydroxyl groups is 1. The molecule has 1 aromatic carbocycles. The number of carbonyl (C=O) groups is 1. The lowest BCUT2D eigenvalue weighted by atomic mass is 10.2. The molecule has 14 heavy (non-hydrogen) atoms. The molecular weight excluding hydrogens is 182 g/mol. The summed E-state index contributed by atoms with van der Waals surface area (Å²) in [6, 6.07) is 7.16. The van der Waals surface area contributed by atoms with Crippen LogP contribution >= 0.6 is 0 Å². The van der Waals surface area contributed by atoms with Crippen LogP contribution in [-0.2, 0) is 0 Å². The summed E-state index contributed by atoms with van der Waals surface area (Å²) < 4.78 is 4.95. The monoisotopic (exact) mass is 195 g/mol. The first-order chi connectivity index (χ1) is 6.59. The minimum atomic E-state index is -0.911. The van der Waals surface area contributed by atoms with Gasteiger partial charge in [0, 0.05) is 0 Å². The van der Waals surface area contributed by atoms with Crippen LogP contribution in [-0.4, -0.2) is 17.4 Å². The number of nitrogens with one attached hydrogen (secondary N) is 1. The summed E-state index contributed by atoms with van der Waals surface area (Å²) in [4.78, 5) is 11.1. The normalized spacial score (nSPS) is 11.9. The Bertz CT molecular complexity index is 323. The number of rotatable bonds is 2. The molecule has 1 atom stereocenters. The second kappa shape index (κ2) is 4.62. The van der Waals surface area contributed by atoms with E-state index in [-0.39, 0.29) is 0 Å². The van der Waals surface area contributed by atoms with Crippen LogP contribution in [0.25, 0.3) is 0 Å². The lowest BCUT2D eigenvalue weighted by Crippen LogP contribution is -2.34. The Hall–Kier alpha value is -1.55. The van der Waals surface area contributed by atoms with Crippen LogP contribution < -0.4 is 10.1 Å². The lowest BCUT2D eigenvalue weighted by molar-refractivity contribution is 0.137. The summed E-state index contributed by atoms with van der Waals surface area (Å²) in [5.41, 5.74) is 0.869. The van der Waals surface area contributed by atoms with Crippen molar-refractivity contribution in [2.24, 2.45) is 0 Å². The van der Waals surface area contributed by atoms with Gasteiger partial charge in [-0.25, -0.2) is 4.79 Å². The van der Waals surface area contributed by atoms with Crippen LogP contribution in [0, 0.1) is 6.92 Å². The fourth-order valence-electron chi connectivity index (χ4n) is 0.971. The number of carbonyl (C=O) groups excluding carboxylic acids is 1. The summed E-state index contributed by atoms with van der Waals surface area (Å²) in [5.74, 6) is 0.491. The molecule has 0 fully saturated rings. The number of aryl methyl sites for hydroxylation is 1. The average Bonchev–Trinajstić information content (AvgIpc) is 2.07. The fourth-order valence-corrected chi connectivity index (χ4v) is 0.971. The quantitative estimate of drug-likeness (QED) is 0.702. The van der Waals surface area contributed by atoms with Crippen molar-refractivity contribution in [1.82, 2.24) is 5.32 Å². The Labute approximate surface area is 82.5 Å². The molecule has 0 spiro atoms. The molecule has 4 heteroatoms. The van der Waals surface area contributed by atoms with Crippen LogP contribution in [0.3, 0.4) is 0 Å². The Balaban J connectivity index is 2.61. The number of hydrogen-bond donors (Lipinski definition) is 2. The second-order valence-electron chi connectivity index (χ2n) is 2.98. The zero-order valence-electron chi connectivity index (χ0n) is 8.15. The molecular formula is C10H13NO3. The van der Waals surface area contributed by atoms with Crippen molar-refractivity contribution in [3.05, 3.63) is 29.8 Å². The molecule has 0 radical (unpaired) electrons. The van der Waals surface area contributed by atoms with Crippen molar-refractivity contribution in [3.8, 4) is 5.75 Å². The molecule has 0 saturated heterocycles. The van der Waals surface area contributed by atoms with Crippen molar-refractivity contribution >= 4 is 6.09 Å². The minimum Gasteiger partial charge on any atom is -0.410 e. The molecule has 0 bridgehead atoms. The zero-order valence-corrected chi connectivity index (χ0v) is 8.15. The molecule has 0 aliphatic heterocycles. The molecule has 1 rings (SSSR count). The van der Waals surface area contributed by atoms with Crippen LogP contribution in [0.1, 0.15) is 12.5 Å².